The second-order valence-electron chi connectivity index (χ2n) is 6.08. The minimum atomic E-state index is -4.05. The van der Waals surface area contributed by atoms with Gasteiger partial charge in [0, 0.05) is 24.1 Å². The van der Waals surface area contributed by atoms with Crippen molar-refractivity contribution in [3.8, 4) is 0 Å². The molecule has 2 rings (SSSR count). The summed E-state index contributed by atoms with van der Waals surface area (Å²) in [5.41, 5.74) is 1.72. The van der Waals surface area contributed by atoms with Gasteiger partial charge in [-0.05, 0) is 31.2 Å². The molecule has 29 heavy (non-hydrogen) atoms. The van der Waals surface area contributed by atoms with Gasteiger partial charge in [0.2, 0.25) is 15.9 Å². The normalized spacial score (nSPS) is 10.3. The molecule has 1 amide bonds. The molecule has 156 valence electrons. The molecule has 0 bridgehead atoms. The zero-order valence-electron chi connectivity index (χ0n) is 16.0. The summed E-state index contributed by atoms with van der Waals surface area (Å²) in [6, 6.07) is 11.6. The van der Waals surface area contributed by atoms with Crippen LogP contribution >= 0.6 is 12.6 Å². The number of benzene rings is 2. The van der Waals surface area contributed by atoms with Crippen molar-refractivity contribution in [1.82, 2.24) is 0 Å². The Kier molecular flexibility index (Phi) is 8.89. The summed E-state index contributed by atoms with van der Waals surface area (Å²) in [7, 11) is -4.05. The number of sulfonamides is 1. The number of rotatable bonds is 6. The number of hydrogen-bond donors (Lipinski definition) is 5. The van der Waals surface area contributed by atoms with Crippen molar-refractivity contribution in [2.45, 2.75) is 23.6 Å². The van der Waals surface area contributed by atoms with Gasteiger partial charge in [-0.25, -0.2) is 18.4 Å². The number of hydrogen-bond acceptors (Lipinski definition) is 6. The molecule has 0 aliphatic rings. The number of anilines is 2. The van der Waals surface area contributed by atoms with Gasteiger partial charge in [-0.2, -0.15) is 0 Å². The summed E-state index contributed by atoms with van der Waals surface area (Å²) in [5, 5.41) is 19.5. The maximum atomic E-state index is 11.4. The van der Waals surface area contributed by atoms with Crippen molar-refractivity contribution >= 4 is 45.9 Å². The molecule has 0 atom stereocenters. The SMILES string of the molecule is C=C(C)CNc1cc(C(=O)O)cc(S(N)(=O)=O)c1S.CC(=O)Nc1ccccc1. The Bertz CT molecular complexity index is 1010. The molecule has 8 nitrogen and oxygen atoms in total. The highest BCUT2D eigenvalue weighted by Crippen LogP contribution is 2.29. The Morgan fingerprint density at radius 3 is 2.21 bits per heavy atom. The lowest BCUT2D eigenvalue weighted by Crippen LogP contribution is -2.15. The van der Waals surface area contributed by atoms with E-state index in [0.717, 1.165) is 17.3 Å². The van der Waals surface area contributed by atoms with Crippen molar-refractivity contribution in [2.24, 2.45) is 5.14 Å². The first-order valence-electron chi connectivity index (χ1n) is 8.25. The van der Waals surface area contributed by atoms with Crippen molar-refractivity contribution < 1.29 is 23.1 Å². The Morgan fingerprint density at radius 1 is 1.17 bits per heavy atom. The number of amides is 1. The monoisotopic (exact) mass is 437 g/mol. The van der Waals surface area contributed by atoms with Crippen LogP contribution in [0.4, 0.5) is 11.4 Å². The van der Waals surface area contributed by atoms with E-state index in [4.69, 9.17) is 10.2 Å². The van der Waals surface area contributed by atoms with Crippen LogP contribution in [-0.2, 0) is 14.8 Å². The molecule has 10 heteroatoms. The first-order chi connectivity index (χ1) is 13.4. The molecule has 0 unspecified atom stereocenters. The summed E-state index contributed by atoms with van der Waals surface area (Å²) in [6.07, 6.45) is 0. The standard InChI is InChI=1S/C11H14N2O4S2.C8H9NO/c1-6(2)5-13-8-3-7(11(14)15)4-9(10(8)18)19(12,16)17;1-7(10)9-8-5-3-2-4-6-8/h3-4,13,18H,1,5H2,2H3,(H,14,15)(H2,12,16,17);2-6H,1H3,(H,9,10). The molecule has 5 N–H and O–H groups in total. The van der Waals surface area contributed by atoms with E-state index >= 15 is 0 Å². The number of carboxylic acids is 1. The highest BCUT2D eigenvalue weighted by atomic mass is 32.2. The van der Waals surface area contributed by atoms with Crippen molar-refractivity contribution in [2.75, 3.05) is 17.2 Å². The van der Waals surface area contributed by atoms with Crippen molar-refractivity contribution in [3.05, 3.63) is 60.2 Å². The molecule has 2 aromatic carbocycles. The number of primary sulfonamides is 1. The van der Waals surface area contributed by atoms with Crippen LogP contribution in [0.3, 0.4) is 0 Å². The van der Waals surface area contributed by atoms with Gasteiger partial charge in [0.15, 0.2) is 0 Å². The van der Waals surface area contributed by atoms with Gasteiger partial charge in [0.25, 0.3) is 0 Å². The zero-order valence-corrected chi connectivity index (χ0v) is 17.7. The van der Waals surface area contributed by atoms with Crippen LogP contribution in [-0.4, -0.2) is 31.9 Å². The van der Waals surface area contributed by atoms with E-state index in [1.807, 2.05) is 30.3 Å². The molecule has 0 aliphatic heterocycles. The van der Waals surface area contributed by atoms with Crippen molar-refractivity contribution in [1.29, 1.82) is 0 Å². The molecule has 0 heterocycles. The topological polar surface area (TPSA) is 139 Å². The van der Waals surface area contributed by atoms with Gasteiger partial charge in [0.1, 0.15) is 0 Å². The van der Waals surface area contributed by atoms with Gasteiger partial charge in [-0.15, -0.1) is 12.6 Å². The first kappa shape index (κ1) is 24.2. The van der Waals surface area contributed by atoms with Gasteiger partial charge in [0.05, 0.1) is 16.1 Å². The predicted octanol–water partition coefficient (Wildman–Crippen LogP) is 2.95. The summed E-state index contributed by atoms with van der Waals surface area (Å²) >= 11 is 4.08. The van der Waals surface area contributed by atoms with Gasteiger partial charge in [-0.3, -0.25) is 4.79 Å². The summed E-state index contributed by atoms with van der Waals surface area (Å²) in [4.78, 5) is 21.2. The second kappa shape index (κ2) is 10.6. The number of thiol groups is 1. The molecule has 0 aliphatic carbocycles. The third-order valence-corrected chi connectivity index (χ3v) is 4.87. The Balaban J connectivity index is 0.000000352. The van der Waals surface area contributed by atoms with Gasteiger partial charge >= 0.3 is 5.97 Å². The zero-order chi connectivity index (χ0) is 22.2. The molecule has 0 fully saturated rings. The van der Waals surface area contributed by atoms with Crippen LogP contribution < -0.4 is 15.8 Å². The average molecular weight is 438 g/mol. The van der Waals surface area contributed by atoms with Crippen LogP contribution in [0.25, 0.3) is 0 Å². The Labute approximate surface area is 175 Å². The molecular weight excluding hydrogens is 414 g/mol. The predicted molar refractivity (Wildman–Crippen MR) is 116 cm³/mol. The quantitative estimate of drug-likeness (QED) is 0.348. The molecule has 0 aromatic heterocycles. The van der Waals surface area contributed by atoms with Crippen LogP contribution in [0.1, 0.15) is 24.2 Å². The highest BCUT2D eigenvalue weighted by Gasteiger charge is 2.19. The fourth-order valence-electron chi connectivity index (χ4n) is 2.05. The van der Waals surface area contributed by atoms with E-state index in [1.165, 1.54) is 13.0 Å². The maximum Gasteiger partial charge on any atom is 0.335 e. The van der Waals surface area contributed by atoms with Crippen LogP contribution in [0.15, 0.2) is 64.4 Å². The highest BCUT2D eigenvalue weighted by molar-refractivity contribution is 7.90. The number of carboxylic acid groups (broad SMARTS) is 1. The molecular formula is C19H23N3O5S2. The van der Waals surface area contributed by atoms with E-state index in [9.17, 15) is 18.0 Å². The first-order valence-corrected chi connectivity index (χ1v) is 10.2. The second-order valence-corrected chi connectivity index (χ2v) is 8.06. The van der Waals surface area contributed by atoms with E-state index in [-0.39, 0.29) is 26.9 Å². The van der Waals surface area contributed by atoms with Gasteiger partial charge < -0.3 is 15.7 Å². The third-order valence-electron chi connectivity index (χ3n) is 3.30. The van der Waals surface area contributed by atoms with Crippen LogP contribution in [0, 0.1) is 0 Å². The minimum absolute atomic E-state index is 0.0359. The fourth-order valence-corrected chi connectivity index (χ4v) is 3.31. The number of nitrogens with two attached hydrogens (primary N) is 1. The number of aromatic carboxylic acids is 1. The van der Waals surface area contributed by atoms with E-state index in [2.05, 4.69) is 29.8 Å². The average Bonchev–Trinajstić information content (AvgIpc) is 2.60. The Morgan fingerprint density at radius 2 is 1.76 bits per heavy atom. The molecule has 0 radical (unpaired) electrons. The smallest absolute Gasteiger partial charge is 0.335 e. The Hall–Kier alpha value is -2.82. The molecule has 2 aromatic rings. The van der Waals surface area contributed by atoms with Crippen LogP contribution in [0.2, 0.25) is 0 Å². The largest absolute Gasteiger partial charge is 0.478 e. The van der Waals surface area contributed by atoms with E-state index in [1.54, 1.807) is 6.92 Å². The minimum Gasteiger partial charge on any atom is -0.478 e. The number of nitrogens with one attached hydrogen (secondary N) is 2. The fraction of sp³-hybridized carbons (Fsp3) is 0.158. The van der Waals surface area contributed by atoms with E-state index in [0.29, 0.717) is 6.54 Å². The molecule has 0 saturated heterocycles. The summed E-state index contributed by atoms with van der Waals surface area (Å²) in [5.74, 6) is -1.29. The number of para-hydroxylation sites is 1. The molecule has 0 saturated carbocycles. The molecule has 0 spiro atoms. The summed E-state index contributed by atoms with van der Waals surface area (Å²) < 4.78 is 22.8. The maximum absolute atomic E-state index is 11.4. The number of carbonyl (C=O) groups is 2. The lowest BCUT2D eigenvalue weighted by atomic mass is 10.2. The van der Waals surface area contributed by atoms with E-state index < -0.39 is 16.0 Å². The van der Waals surface area contributed by atoms with Gasteiger partial charge in [-0.1, -0.05) is 30.4 Å². The van der Waals surface area contributed by atoms with Crippen LogP contribution in [0.5, 0.6) is 0 Å². The summed E-state index contributed by atoms with van der Waals surface area (Å²) in [6.45, 7) is 7.31. The third kappa shape index (κ3) is 8.38. The number of carbonyl (C=O) groups excluding carboxylic acids is 1. The lowest BCUT2D eigenvalue weighted by Gasteiger charge is -2.13. The lowest BCUT2D eigenvalue weighted by molar-refractivity contribution is -0.114. The van der Waals surface area contributed by atoms with Crippen molar-refractivity contribution in [3.63, 3.8) is 0 Å².